The molecule has 1 aromatic heterocycles. The molecule has 0 atom stereocenters. The van der Waals surface area contributed by atoms with Gasteiger partial charge in [0.15, 0.2) is 0 Å². The zero-order valence-corrected chi connectivity index (χ0v) is 18.5. The molecule has 0 saturated heterocycles. The van der Waals surface area contributed by atoms with E-state index in [2.05, 4.69) is 21.0 Å². The maximum absolute atomic E-state index is 12.7. The van der Waals surface area contributed by atoms with Gasteiger partial charge in [-0.3, -0.25) is 19.7 Å². The maximum atomic E-state index is 12.7. The summed E-state index contributed by atoms with van der Waals surface area (Å²) in [6.45, 7) is 8.65. The summed E-state index contributed by atoms with van der Waals surface area (Å²) < 4.78 is 13.5. The first-order valence-corrected chi connectivity index (χ1v) is 9.87. The second-order valence-electron chi connectivity index (χ2n) is 7.40. The van der Waals surface area contributed by atoms with E-state index in [1.807, 2.05) is 45.9 Å². The first kappa shape index (κ1) is 22.8. The average molecular weight is 469 g/mol. The van der Waals surface area contributed by atoms with Crippen LogP contribution >= 0.6 is 15.9 Å². The molecule has 0 aliphatic heterocycles. The highest BCUT2D eigenvalue weighted by molar-refractivity contribution is 9.10. The molecule has 0 unspecified atom stereocenters. The van der Waals surface area contributed by atoms with Crippen molar-refractivity contribution < 1.29 is 19.2 Å². The molecule has 1 amide bonds. The molecule has 1 aromatic carbocycles. The highest BCUT2D eigenvalue weighted by atomic mass is 79.9. The van der Waals surface area contributed by atoms with Crippen molar-refractivity contribution in [3.05, 3.63) is 50.7 Å². The number of halogens is 1. The van der Waals surface area contributed by atoms with E-state index in [9.17, 15) is 14.9 Å². The van der Waals surface area contributed by atoms with Crippen LogP contribution in [0, 0.1) is 17.0 Å². The zero-order chi connectivity index (χ0) is 21.6. The van der Waals surface area contributed by atoms with Crippen molar-refractivity contribution in [3.8, 4) is 0 Å². The standard InChI is InChI=1S/C19H25BrN4O5/c1-14-5-6-15(11-17(14)20)23(18(25)29-19(2,3)4)8-10-28-9-7-22-13-16(12-21-22)24(26)27/h5-6,11-13H,7-10H2,1-4H3. The molecule has 1 heterocycles. The van der Waals surface area contributed by atoms with Crippen LogP contribution in [0.4, 0.5) is 16.2 Å². The lowest BCUT2D eigenvalue weighted by atomic mass is 10.2. The van der Waals surface area contributed by atoms with E-state index in [0.717, 1.165) is 10.0 Å². The normalized spacial score (nSPS) is 11.3. The Hall–Kier alpha value is -2.46. The average Bonchev–Trinajstić information content (AvgIpc) is 3.08. The quantitative estimate of drug-likeness (QED) is 0.324. The summed E-state index contributed by atoms with van der Waals surface area (Å²) in [5.74, 6) is 0. The van der Waals surface area contributed by atoms with E-state index < -0.39 is 16.6 Å². The third-order valence-electron chi connectivity index (χ3n) is 3.84. The maximum Gasteiger partial charge on any atom is 0.414 e. The topological polar surface area (TPSA) is 99.7 Å². The summed E-state index contributed by atoms with van der Waals surface area (Å²) in [4.78, 5) is 24.4. The van der Waals surface area contributed by atoms with Crippen molar-refractivity contribution in [2.45, 2.75) is 39.8 Å². The number of amides is 1. The van der Waals surface area contributed by atoms with Crippen molar-refractivity contribution in [1.82, 2.24) is 9.78 Å². The van der Waals surface area contributed by atoms with Gasteiger partial charge < -0.3 is 9.47 Å². The number of nitro groups is 1. The SMILES string of the molecule is Cc1ccc(N(CCOCCn2cc([N+](=O)[O-])cn2)C(=O)OC(C)(C)C)cc1Br. The monoisotopic (exact) mass is 468 g/mol. The van der Waals surface area contributed by atoms with Gasteiger partial charge in [0.2, 0.25) is 0 Å². The Morgan fingerprint density at radius 1 is 1.34 bits per heavy atom. The van der Waals surface area contributed by atoms with E-state index in [1.54, 1.807) is 0 Å². The van der Waals surface area contributed by atoms with Crippen LogP contribution in [0.25, 0.3) is 0 Å². The van der Waals surface area contributed by atoms with Gasteiger partial charge >= 0.3 is 11.8 Å². The van der Waals surface area contributed by atoms with Crippen LogP contribution in [-0.2, 0) is 16.0 Å². The van der Waals surface area contributed by atoms with Crippen LogP contribution in [0.1, 0.15) is 26.3 Å². The number of anilines is 1. The predicted octanol–water partition coefficient (Wildman–Crippen LogP) is 4.32. The van der Waals surface area contributed by atoms with E-state index in [0.29, 0.717) is 25.4 Å². The number of hydrogen-bond donors (Lipinski definition) is 0. The highest BCUT2D eigenvalue weighted by Crippen LogP contribution is 2.25. The number of aryl methyl sites for hydroxylation is 1. The smallest absolute Gasteiger partial charge is 0.414 e. The summed E-state index contributed by atoms with van der Waals surface area (Å²) in [7, 11) is 0. The largest absolute Gasteiger partial charge is 0.443 e. The lowest BCUT2D eigenvalue weighted by molar-refractivity contribution is -0.385. The second kappa shape index (κ2) is 9.84. The van der Waals surface area contributed by atoms with Crippen LogP contribution in [-0.4, -0.2) is 46.2 Å². The number of carbonyl (C=O) groups excluding carboxylic acids is 1. The lowest BCUT2D eigenvalue weighted by Gasteiger charge is -2.27. The van der Waals surface area contributed by atoms with Gasteiger partial charge in [-0.1, -0.05) is 22.0 Å². The Morgan fingerprint density at radius 3 is 2.66 bits per heavy atom. The third kappa shape index (κ3) is 7.13. The minimum absolute atomic E-state index is 0.0638. The molecule has 0 aliphatic rings. The third-order valence-corrected chi connectivity index (χ3v) is 4.69. The summed E-state index contributed by atoms with van der Waals surface area (Å²) in [5.41, 5.74) is 1.07. The minimum Gasteiger partial charge on any atom is -0.443 e. The van der Waals surface area contributed by atoms with Crippen LogP contribution in [0.2, 0.25) is 0 Å². The fourth-order valence-electron chi connectivity index (χ4n) is 2.38. The molecular weight excluding hydrogens is 444 g/mol. The molecule has 0 aliphatic carbocycles. The van der Waals surface area contributed by atoms with Crippen molar-refractivity contribution in [2.75, 3.05) is 24.7 Å². The number of hydrogen-bond acceptors (Lipinski definition) is 6. The minimum atomic E-state index is -0.618. The molecule has 0 N–H and O–H groups in total. The van der Waals surface area contributed by atoms with Crippen molar-refractivity contribution in [3.63, 3.8) is 0 Å². The van der Waals surface area contributed by atoms with E-state index in [-0.39, 0.29) is 12.3 Å². The number of carbonyl (C=O) groups is 1. The molecule has 9 nitrogen and oxygen atoms in total. The molecule has 0 spiro atoms. The number of rotatable bonds is 8. The van der Waals surface area contributed by atoms with Gasteiger partial charge in [0, 0.05) is 10.2 Å². The Balaban J connectivity index is 1.95. The fraction of sp³-hybridized carbons (Fsp3) is 0.474. The van der Waals surface area contributed by atoms with Crippen molar-refractivity contribution >= 4 is 33.4 Å². The number of aromatic nitrogens is 2. The summed E-state index contributed by atoms with van der Waals surface area (Å²) in [6.07, 6.45) is 2.08. The Morgan fingerprint density at radius 2 is 2.07 bits per heavy atom. The van der Waals surface area contributed by atoms with Gasteiger partial charge in [-0.2, -0.15) is 5.10 Å². The fourth-order valence-corrected chi connectivity index (χ4v) is 2.74. The molecule has 29 heavy (non-hydrogen) atoms. The first-order chi connectivity index (χ1) is 13.6. The van der Waals surface area contributed by atoms with Crippen LogP contribution in [0.3, 0.4) is 0 Å². The molecule has 0 radical (unpaired) electrons. The van der Waals surface area contributed by atoms with Crippen LogP contribution in [0.15, 0.2) is 35.1 Å². The number of nitrogens with zero attached hydrogens (tertiary/aromatic N) is 4. The molecule has 158 valence electrons. The summed E-state index contributed by atoms with van der Waals surface area (Å²) in [6, 6.07) is 5.64. The lowest BCUT2D eigenvalue weighted by Crippen LogP contribution is -2.39. The van der Waals surface area contributed by atoms with E-state index >= 15 is 0 Å². The molecule has 0 fully saturated rings. The van der Waals surface area contributed by atoms with Crippen LogP contribution in [0.5, 0.6) is 0 Å². The van der Waals surface area contributed by atoms with Crippen molar-refractivity contribution in [1.29, 1.82) is 0 Å². The molecule has 0 saturated carbocycles. The molecular formula is C19H25BrN4O5. The van der Waals surface area contributed by atoms with Gasteiger partial charge in [0.25, 0.3) is 0 Å². The molecule has 2 aromatic rings. The Labute approximate surface area is 177 Å². The predicted molar refractivity (Wildman–Crippen MR) is 112 cm³/mol. The number of ether oxygens (including phenoxy) is 2. The van der Waals surface area contributed by atoms with Gasteiger partial charge in [0.05, 0.1) is 31.2 Å². The zero-order valence-electron chi connectivity index (χ0n) is 16.9. The first-order valence-electron chi connectivity index (χ1n) is 9.08. The Bertz CT molecular complexity index is 863. The molecule has 0 bridgehead atoms. The van der Waals surface area contributed by atoms with E-state index in [4.69, 9.17) is 9.47 Å². The van der Waals surface area contributed by atoms with Gasteiger partial charge in [0.1, 0.15) is 18.0 Å². The second-order valence-corrected chi connectivity index (χ2v) is 8.25. The van der Waals surface area contributed by atoms with E-state index in [1.165, 1.54) is 22.0 Å². The van der Waals surface area contributed by atoms with Crippen LogP contribution < -0.4 is 4.90 Å². The molecule has 2 rings (SSSR count). The molecule has 10 heteroatoms. The number of benzene rings is 1. The summed E-state index contributed by atoms with van der Waals surface area (Å²) >= 11 is 3.49. The van der Waals surface area contributed by atoms with Gasteiger partial charge in [-0.25, -0.2) is 4.79 Å². The van der Waals surface area contributed by atoms with Gasteiger partial charge in [-0.15, -0.1) is 0 Å². The summed E-state index contributed by atoms with van der Waals surface area (Å²) in [5, 5.41) is 14.6. The van der Waals surface area contributed by atoms with Crippen molar-refractivity contribution in [2.24, 2.45) is 0 Å². The Kier molecular flexibility index (Phi) is 7.74. The highest BCUT2D eigenvalue weighted by Gasteiger charge is 2.23. The van der Waals surface area contributed by atoms with Gasteiger partial charge in [-0.05, 0) is 45.4 Å².